The van der Waals surface area contributed by atoms with Crippen LogP contribution in [-0.2, 0) is 6.42 Å². The number of halogens is 3. The molecule has 1 nitrogen and oxygen atoms in total. The van der Waals surface area contributed by atoms with E-state index in [9.17, 15) is 13.2 Å². The normalized spacial score (nSPS) is 15.0. The highest BCUT2D eigenvalue weighted by Gasteiger charge is 2.23. The second-order valence-corrected chi connectivity index (χ2v) is 4.64. The molecule has 0 bridgehead atoms. The van der Waals surface area contributed by atoms with Gasteiger partial charge in [-0.15, -0.1) is 0 Å². The van der Waals surface area contributed by atoms with Gasteiger partial charge in [-0.05, 0) is 30.2 Å². The first-order chi connectivity index (χ1) is 7.93. The predicted octanol–water partition coefficient (Wildman–Crippen LogP) is 3.08. The van der Waals surface area contributed by atoms with Crippen LogP contribution in [0.5, 0.6) is 0 Å². The first-order valence-corrected chi connectivity index (χ1v) is 5.73. The number of hydrogen-bond donors (Lipinski definition) is 1. The first-order valence-electron chi connectivity index (χ1n) is 5.73. The lowest BCUT2D eigenvalue weighted by molar-refractivity contribution is 0.185. The van der Waals surface area contributed by atoms with Crippen molar-refractivity contribution in [1.29, 1.82) is 0 Å². The number of rotatable bonds is 5. The second-order valence-electron chi connectivity index (χ2n) is 4.64. The van der Waals surface area contributed by atoms with Gasteiger partial charge in [0, 0.05) is 18.4 Å². The quantitative estimate of drug-likeness (QED) is 0.847. The van der Waals surface area contributed by atoms with Crippen LogP contribution in [-0.4, -0.2) is 12.7 Å². The number of alkyl halides is 1. The Labute approximate surface area is 99.8 Å². The Morgan fingerprint density at radius 2 is 1.65 bits per heavy atom. The van der Waals surface area contributed by atoms with Crippen LogP contribution in [0.15, 0.2) is 18.2 Å². The highest BCUT2D eigenvalue weighted by molar-refractivity contribution is 5.18. The molecule has 2 unspecified atom stereocenters. The SMILES string of the molecule is CC(C)C(CN)C(F)Cc1cc(F)cc(F)c1. The fraction of sp³-hybridized carbons (Fsp3) is 0.538. The van der Waals surface area contributed by atoms with E-state index in [2.05, 4.69) is 0 Å². The largest absolute Gasteiger partial charge is 0.330 e. The van der Waals surface area contributed by atoms with Crippen molar-refractivity contribution in [2.45, 2.75) is 26.4 Å². The summed E-state index contributed by atoms with van der Waals surface area (Å²) in [7, 11) is 0. The number of hydrogen-bond acceptors (Lipinski definition) is 1. The zero-order valence-electron chi connectivity index (χ0n) is 10.1. The Hall–Kier alpha value is -1.03. The highest BCUT2D eigenvalue weighted by atomic mass is 19.1. The van der Waals surface area contributed by atoms with Crippen LogP contribution in [0.4, 0.5) is 13.2 Å². The monoisotopic (exact) mass is 245 g/mol. The lowest BCUT2D eigenvalue weighted by atomic mass is 9.88. The summed E-state index contributed by atoms with van der Waals surface area (Å²) in [6, 6.07) is 3.09. The van der Waals surface area contributed by atoms with Crippen molar-refractivity contribution >= 4 is 0 Å². The van der Waals surface area contributed by atoms with E-state index in [0.717, 1.165) is 18.2 Å². The molecule has 0 saturated carbocycles. The average molecular weight is 245 g/mol. The van der Waals surface area contributed by atoms with Gasteiger partial charge in [0.2, 0.25) is 0 Å². The van der Waals surface area contributed by atoms with Crippen LogP contribution in [0.2, 0.25) is 0 Å². The van der Waals surface area contributed by atoms with E-state index in [1.807, 2.05) is 13.8 Å². The van der Waals surface area contributed by atoms with Gasteiger partial charge in [-0.25, -0.2) is 13.2 Å². The van der Waals surface area contributed by atoms with E-state index >= 15 is 0 Å². The van der Waals surface area contributed by atoms with Gasteiger partial charge in [0.05, 0.1) is 0 Å². The predicted molar refractivity (Wildman–Crippen MR) is 62.3 cm³/mol. The van der Waals surface area contributed by atoms with Crippen molar-refractivity contribution in [1.82, 2.24) is 0 Å². The van der Waals surface area contributed by atoms with Gasteiger partial charge in [0.15, 0.2) is 0 Å². The maximum Gasteiger partial charge on any atom is 0.126 e. The third kappa shape index (κ3) is 4.04. The van der Waals surface area contributed by atoms with Crippen molar-refractivity contribution < 1.29 is 13.2 Å². The van der Waals surface area contributed by atoms with E-state index < -0.39 is 17.8 Å². The molecule has 17 heavy (non-hydrogen) atoms. The van der Waals surface area contributed by atoms with Crippen LogP contribution in [0.3, 0.4) is 0 Å². The molecule has 2 atom stereocenters. The molecule has 0 amide bonds. The Morgan fingerprint density at radius 3 is 2.06 bits per heavy atom. The zero-order valence-corrected chi connectivity index (χ0v) is 10.1. The van der Waals surface area contributed by atoms with Gasteiger partial charge in [-0.2, -0.15) is 0 Å². The fourth-order valence-electron chi connectivity index (χ4n) is 1.94. The zero-order chi connectivity index (χ0) is 13.0. The summed E-state index contributed by atoms with van der Waals surface area (Å²) in [6.45, 7) is 4.00. The summed E-state index contributed by atoms with van der Waals surface area (Å²) in [5.41, 5.74) is 5.83. The second kappa shape index (κ2) is 6.05. The van der Waals surface area contributed by atoms with E-state index in [-0.39, 0.29) is 24.8 Å². The topological polar surface area (TPSA) is 26.0 Å². The van der Waals surface area contributed by atoms with Crippen LogP contribution in [0.25, 0.3) is 0 Å². The molecule has 0 saturated heterocycles. The van der Waals surface area contributed by atoms with Crippen molar-refractivity contribution in [3.05, 3.63) is 35.4 Å². The summed E-state index contributed by atoms with van der Waals surface area (Å²) >= 11 is 0. The highest BCUT2D eigenvalue weighted by Crippen LogP contribution is 2.21. The Kier molecular flexibility index (Phi) is 5.00. The summed E-state index contributed by atoms with van der Waals surface area (Å²) < 4.78 is 39.8. The first kappa shape index (κ1) is 14.0. The molecule has 0 radical (unpaired) electrons. The van der Waals surface area contributed by atoms with Crippen LogP contribution >= 0.6 is 0 Å². The van der Waals surface area contributed by atoms with Crippen LogP contribution < -0.4 is 5.73 Å². The Balaban J connectivity index is 2.76. The maximum atomic E-state index is 13.9. The molecule has 0 aliphatic rings. The molecule has 1 aromatic rings. The van der Waals surface area contributed by atoms with Crippen molar-refractivity contribution in [2.75, 3.05) is 6.54 Å². The summed E-state index contributed by atoms with van der Waals surface area (Å²) in [5, 5.41) is 0. The smallest absolute Gasteiger partial charge is 0.126 e. The third-order valence-electron chi connectivity index (χ3n) is 2.95. The fourth-order valence-corrected chi connectivity index (χ4v) is 1.94. The Bertz CT molecular complexity index is 345. The molecular weight excluding hydrogens is 227 g/mol. The van der Waals surface area contributed by atoms with E-state index in [1.54, 1.807) is 0 Å². The molecule has 96 valence electrons. The number of nitrogens with two attached hydrogens (primary N) is 1. The number of benzene rings is 1. The summed E-state index contributed by atoms with van der Waals surface area (Å²) in [6.07, 6.45) is -1.18. The minimum Gasteiger partial charge on any atom is -0.330 e. The van der Waals surface area contributed by atoms with E-state index in [4.69, 9.17) is 5.73 Å². The molecular formula is C13H18F3N. The minimum absolute atomic E-state index is 0.00523. The minimum atomic E-state index is -1.18. The lowest BCUT2D eigenvalue weighted by Gasteiger charge is -2.23. The standard InChI is InChI=1S/C13H18F3N/c1-8(2)12(7-17)13(16)5-9-3-10(14)6-11(15)4-9/h3-4,6,8,12-13H,5,7,17H2,1-2H3. The van der Waals surface area contributed by atoms with Crippen molar-refractivity contribution in [3.63, 3.8) is 0 Å². The van der Waals surface area contributed by atoms with Crippen molar-refractivity contribution in [3.8, 4) is 0 Å². The van der Waals surface area contributed by atoms with Crippen LogP contribution in [0, 0.1) is 23.5 Å². The molecule has 0 fully saturated rings. The van der Waals surface area contributed by atoms with Crippen molar-refractivity contribution in [2.24, 2.45) is 17.6 Å². The maximum absolute atomic E-state index is 13.9. The average Bonchev–Trinajstić information content (AvgIpc) is 2.15. The van der Waals surface area contributed by atoms with Gasteiger partial charge in [-0.3, -0.25) is 0 Å². The van der Waals surface area contributed by atoms with Crippen LogP contribution in [0.1, 0.15) is 19.4 Å². The molecule has 4 heteroatoms. The molecule has 1 rings (SSSR count). The van der Waals surface area contributed by atoms with Gasteiger partial charge in [0.25, 0.3) is 0 Å². The van der Waals surface area contributed by atoms with E-state index in [1.165, 1.54) is 0 Å². The van der Waals surface area contributed by atoms with Gasteiger partial charge in [-0.1, -0.05) is 13.8 Å². The van der Waals surface area contributed by atoms with E-state index in [0.29, 0.717) is 5.56 Å². The third-order valence-corrected chi connectivity index (χ3v) is 2.95. The molecule has 0 aliphatic carbocycles. The molecule has 0 aliphatic heterocycles. The van der Waals surface area contributed by atoms with Gasteiger partial charge < -0.3 is 5.73 Å². The molecule has 2 N–H and O–H groups in total. The molecule has 0 heterocycles. The molecule has 1 aromatic carbocycles. The van der Waals surface area contributed by atoms with Gasteiger partial charge >= 0.3 is 0 Å². The Morgan fingerprint density at radius 1 is 1.12 bits per heavy atom. The molecule has 0 aromatic heterocycles. The lowest BCUT2D eigenvalue weighted by Crippen LogP contribution is -2.30. The summed E-state index contributed by atoms with van der Waals surface area (Å²) in [4.78, 5) is 0. The molecule has 0 spiro atoms. The summed E-state index contributed by atoms with van der Waals surface area (Å²) in [5.74, 6) is -1.54. The van der Waals surface area contributed by atoms with Gasteiger partial charge in [0.1, 0.15) is 17.8 Å².